The highest BCUT2D eigenvalue weighted by atomic mass is 32.2. The van der Waals surface area contributed by atoms with Crippen LogP contribution in [0.3, 0.4) is 0 Å². The van der Waals surface area contributed by atoms with E-state index in [0.717, 1.165) is 57.0 Å². The molecule has 1 aromatic heterocycles. The number of nitrogens with zero attached hydrogens (tertiary/aromatic N) is 3. The summed E-state index contributed by atoms with van der Waals surface area (Å²) in [4.78, 5) is 9.24. The fraction of sp³-hybridized carbons (Fsp3) is 0.500. The van der Waals surface area contributed by atoms with Gasteiger partial charge >= 0.3 is 0 Å². The number of methoxy groups -OCH3 is 1. The maximum absolute atomic E-state index is 12.5. The molecule has 1 aliphatic heterocycles. The van der Waals surface area contributed by atoms with E-state index in [1.807, 2.05) is 32.0 Å². The highest BCUT2D eigenvalue weighted by Crippen LogP contribution is 2.22. The first-order valence-corrected chi connectivity index (χ1v) is 12.0. The first-order chi connectivity index (χ1) is 14.4. The van der Waals surface area contributed by atoms with E-state index in [1.54, 1.807) is 13.2 Å². The predicted molar refractivity (Wildman–Crippen MR) is 121 cm³/mol. The molecule has 1 atom stereocenters. The lowest BCUT2D eigenvalue weighted by atomic mass is 10.2. The molecule has 8 heteroatoms. The average molecular weight is 433 g/mol. The smallest absolute Gasteiger partial charge is 0.242 e. The second kappa shape index (κ2) is 10.1. The Kier molecular flexibility index (Phi) is 7.55. The Morgan fingerprint density at radius 2 is 1.77 bits per heavy atom. The zero-order chi connectivity index (χ0) is 21.6. The maximum Gasteiger partial charge on any atom is 0.242 e. The molecule has 1 aromatic carbocycles. The van der Waals surface area contributed by atoms with Crippen LogP contribution in [-0.4, -0.2) is 52.7 Å². The Hall–Kier alpha value is -2.32. The van der Waals surface area contributed by atoms with Gasteiger partial charge in [-0.05, 0) is 56.2 Å². The molecular weight excluding hydrogens is 400 g/mol. The standard InChI is InChI=1S/C22H32N4O3S/c1-4-6-18(2)24-30(27,28)21-11-12-22(23-17-21)26-14-5-13-25(15-16-26)19-7-9-20(29-3)10-8-19/h7-12,17-18,24H,4-6,13-16H2,1-3H3. The van der Waals surface area contributed by atoms with Crippen molar-refractivity contribution in [3.63, 3.8) is 0 Å². The molecule has 1 saturated heterocycles. The van der Waals surface area contributed by atoms with Crippen molar-refractivity contribution >= 4 is 21.5 Å². The minimum Gasteiger partial charge on any atom is -0.497 e. The summed E-state index contributed by atoms with van der Waals surface area (Å²) in [5.74, 6) is 1.67. The molecule has 164 valence electrons. The number of hydrogen-bond donors (Lipinski definition) is 1. The molecule has 3 rings (SSSR count). The van der Waals surface area contributed by atoms with Crippen LogP contribution in [0, 0.1) is 0 Å². The van der Waals surface area contributed by atoms with Crippen LogP contribution in [0.4, 0.5) is 11.5 Å². The SMILES string of the molecule is CCCC(C)NS(=O)(=O)c1ccc(N2CCCN(c3ccc(OC)cc3)CC2)nc1. The van der Waals surface area contributed by atoms with Crippen LogP contribution < -0.4 is 19.3 Å². The van der Waals surface area contributed by atoms with E-state index in [-0.39, 0.29) is 10.9 Å². The fourth-order valence-electron chi connectivity index (χ4n) is 3.74. The second-order valence-electron chi connectivity index (χ2n) is 7.69. The first-order valence-electron chi connectivity index (χ1n) is 10.5. The van der Waals surface area contributed by atoms with Gasteiger partial charge in [0.05, 0.1) is 7.11 Å². The zero-order valence-corrected chi connectivity index (χ0v) is 18.9. The Morgan fingerprint density at radius 1 is 1.07 bits per heavy atom. The van der Waals surface area contributed by atoms with Crippen LogP contribution in [0.5, 0.6) is 5.75 Å². The predicted octanol–water partition coefficient (Wildman–Crippen LogP) is 3.27. The second-order valence-corrected chi connectivity index (χ2v) is 9.40. The molecule has 1 unspecified atom stereocenters. The lowest BCUT2D eigenvalue weighted by molar-refractivity contribution is 0.415. The molecule has 0 aliphatic carbocycles. The third-order valence-electron chi connectivity index (χ3n) is 5.37. The largest absolute Gasteiger partial charge is 0.497 e. The Labute approximate surface area is 180 Å². The summed E-state index contributed by atoms with van der Waals surface area (Å²) in [5, 5.41) is 0. The lowest BCUT2D eigenvalue weighted by Crippen LogP contribution is -2.33. The monoisotopic (exact) mass is 432 g/mol. The third-order valence-corrected chi connectivity index (χ3v) is 6.94. The Morgan fingerprint density at radius 3 is 2.40 bits per heavy atom. The van der Waals surface area contributed by atoms with Gasteiger partial charge in [0.1, 0.15) is 16.5 Å². The number of pyridine rings is 1. The topological polar surface area (TPSA) is 74.8 Å². The molecule has 30 heavy (non-hydrogen) atoms. The van der Waals surface area contributed by atoms with E-state index < -0.39 is 10.0 Å². The quantitative estimate of drug-likeness (QED) is 0.690. The van der Waals surface area contributed by atoms with Gasteiger partial charge in [0.2, 0.25) is 10.0 Å². The Bertz CT molecular complexity index is 901. The van der Waals surface area contributed by atoms with Crippen molar-refractivity contribution in [2.45, 2.75) is 44.0 Å². The van der Waals surface area contributed by atoms with Crippen LogP contribution in [0.2, 0.25) is 0 Å². The van der Waals surface area contributed by atoms with Crippen molar-refractivity contribution in [2.24, 2.45) is 0 Å². The number of hydrogen-bond acceptors (Lipinski definition) is 6. The molecule has 0 radical (unpaired) electrons. The van der Waals surface area contributed by atoms with Crippen LogP contribution in [0.15, 0.2) is 47.5 Å². The number of anilines is 2. The van der Waals surface area contributed by atoms with Gasteiger partial charge in [-0.15, -0.1) is 0 Å². The number of rotatable bonds is 8. The van der Waals surface area contributed by atoms with Crippen LogP contribution >= 0.6 is 0 Å². The summed E-state index contributed by atoms with van der Waals surface area (Å²) in [5.41, 5.74) is 1.18. The minimum absolute atomic E-state index is 0.0887. The Balaban J connectivity index is 1.64. The fourth-order valence-corrected chi connectivity index (χ4v) is 4.96. The normalized spacial score (nSPS) is 16.2. The average Bonchev–Trinajstić information content (AvgIpc) is 3.00. The van der Waals surface area contributed by atoms with Crippen LogP contribution in [0.25, 0.3) is 0 Å². The van der Waals surface area contributed by atoms with Crippen LogP contribution in [-0.2, 0) is 10.0 Å². The van der Waals surface area contributed by atoms with Crippen molar-refractivity contribution < 1.29 is 13.2 Å². The van der Waals surface area contributed by atoms with Crippen molar-refractivity contribution in [1.82, 2.24) is 9.71 Å². The number of ether oxygens (including phenoxy) is 1. The van der Waals surface area contributed by atoms with Crippen molar-refractivity contribution in [2.75, 3.05) is 43.1 Å². The first kappa shape index (κ1) is 22.4. The van der Waals surface area contributed by atoms with Gasteiger partial charge in [-0.25, -0.2) is 18.1 Å². The van der Waals surface area contributed by atoms with Gasteiger partial charge in [-0.1, -0.05) is 13.3 Å². The molecule has 0 amide bonds. The van der Waals surface area contributed by atoms with Gasteiger partial charge in [-0.2, -0.15) is 0 Å². The van der Waals surface area contributed by atoms with Crippen molar-refractivity contribution in [3.8, 4) is 5.75 Å². The molecule has 1 fully saturated rings. The molecule has 0 spiro atoms. The number of nitrogens with one attached hydrogen (secondary N) is 1. The summed E-state index contributed by atoms with van der Waals surface area (Å²) in [6.45, 7) is 7.49. The molecule has 7 nitrogen and oxygen atoms in total. The molecule has 0 saturated carbocycles. The maximum atomic E-state index is 12.5. The molecule has 2 heterocycles. The van der Waals surface area contributed by atoms with E-state index in [1.165, 1.54) is 11.9 Å². The third kappa shape index (κ3) is 5.64. The summed E-state index contributed by atoms with van der Waals surface area (Å²) in [6, 6.07) is 11.5. The van der Waals surface area contributed by atoms with Gasteiger partial charge in [-0.3, -0.25) is 0 Å². The summed E-state index contributed by atoms with van der Waals surface area (Å²) < 4.78 is 33.0. The number of aromatic nitrogens is 1. The van der Waals surface area contributed by atoms with Gasteiger partial charge < -0.3 is 14.5 Å². The van der Waals surface area contributed by atoms with E-state index >= 15 is 0 Å². The molecule has 2 aromatic rings. The summed E-state index contributed by atoms with van der Waals surface area (Å²) in [7, 11) is -1.87. The molecular formula is C22H32N4O3S. The van der Waals surface area contributed by atoms with E-state index in [4.69, 9.17) is 4.74 Å². The van der Waals surface area contributed by atoms with Gasteiger partial charge in [0.15, 0.2) is 0 Å². The minimum atomic E-state index is -3.54. The zero-order valence-electron chi connectivity index (χ0n) is 18.0. The lowest BCUT2D eigenvalue weighted by Gasteiger charge is -2.24. The van der Waals surface area contributed by atoms with Gasteiger partial charge in [0.25, 0.3) is 0 Å². The van der Waals surface area contributed by atoms with E-state index in [9.17, 15) is 8.42 Å². The van der Waals surface area contributed by atoms with Crippen LogP contribution in [0.1, 0.15) is 33.1 Å². The van der Waals surface area contributed by atoms with Crippen molar-refractivity contribution in [3.05, 3.63) is 42.6 Å². The summed E-state index contributed by atoms with van der Waals surface area (Å²) >= 11 is 0. The van der Waals surface area contributed by atoms with E-state index in [0.29, 0.717) is 0 Å². The highest BCUT2D eigenvalue weighted by molar-refractivity contribution is 7.89. The van der Waals surface area contributed by atoms with E-state index in [2.05, 4.69) is 31.6 Å². The highest BCUT2D eigenvalue weighted by Gasteiger charge is 2.20. The van der Waals surface area contributed by atoms with Crippen molar-refractivity contribution in [1.29, 1.82) is 0 Å². The molecule has 1 N–H and O–H groups in total. The number of benzene rings is 1. The number of sulfonamides is 1. The molecule has 1 aliphatic rings. The summed E-state index contributed by atoms with van der Waals surface area (Å²) in [6.07, 6.45) is 4.21. The van der Waals surface area contributed by atoms with Gasteiger partial charge in [0, 0.05) is 44.1 Å². The molecule has 0 bridgehead atoms.